The molecule has 0 aromatic carbocycles. The van der Waals surface area contributed by atoms with Crippen LogP contribution in [0, 0.1) is 11.8 Å². The zero-order valence-corrected chi connectivity index (χ0v) is 5.72. The van der Waals surface area contributed by atoms with Gasteiger partial charge < -0.3 is 0 Å². The molecule has 2 aliphatic heterocycles. The lowest BCUT2D eigenvalue weighted by molar-refractivity contribution is 0.273. The Kier molecular flexibility index (Phi) is 1.03. The van der Waals surface area contributed by atoms with E-state index in [-0.39, 0.29) is 0 Å². The summed E-state index contributed by atoms with van der Waals surface area (Å²) in [6.07, 6.45) is 3.75. The minimum absolute atomic E-state index is 0.601. The maximum absolute atomic E-state index is 3.24. The van der Waals surface area contributed by atoms with E-state index in [2.05, 4.69) is 23.8 Å². The fourth-order valence-corrected chi connectivity index (χ4v) is 1.73. The summed E-state index contributed by atoms with van der Waals surface area (Å²) >= 11 is 0. The van der Waals surface area contributed by atoms with E-state index < -0.39 is 0 Å². The molecule has 2 aliphatic rings. The van der Waals surface area contributed by atoms with Gasteiger partial charge in [0.25, 0.3) is 0 Å². The lowest BCUT2D eigenvalue weighted by Crippen LogP contribution is -2.33. The van der Waals surface area contributed by atoms with Gasteiger partial charge in [-0.3, -0.25) is 4.90 Å². The molecular formula is C8H11N. The van der Waals surface area contributed by atoms with Crippen molar-refractivity contribution in [2.45, 2.75) is 31.3 Å². The summed E-state index contributed by atoms with van der Waals surface area (Å²) in [5.41, 5.74) is 0. The summed E-state index contributed by atoms with van der Waals surface area (Å²) in [4.78, 5) is 2.41. The molecule has 2 atom stereocenters. The van der Waals surface area contributed by atoms with Crippen LogP contribution in [0.2, 0.25) is 0 Å². The van der Waals surface area contributed by atoms with Gasteiger partial charge in [-0.15, -0.1) is 0 Å². The molecule has 0 aromatic heterocycles. The van der Waals surface area contributed by atoms with Crippen LogP contribution in [-0.4, -0.2) is 24.0 Å². The molecule has 48 valence electrons. The van der Waals surface area contributed by atoms with Gasteiger partial charge in [0.1, 0.15) is 0 Å². The van der Waals surface area contributed by atoms with Crippen molar-refractivity contribution >= 4 is 0 Å². The molecule has 0 saturated carbocycles. The Morgan fingerprint density at radius 1 is 1.44 bits per heavy atom. The summed E-state index contributed by atoms with van der Waals surface area (Å²) in [6.45, 7) is 0. The Morgan fingerprint density at radius 3 is 3.00 bits per heavy atom. The quantitative estimate of drug-likeness (QED) is 0.429. The molecule has 0 N–H and O–H groups in total. The van der Waals surface area contributed by atoms with Crippen LogP contribution in [0.1, 0.15) is 19.3 Å². The minimum atomic E-state index is 0.601. The van der Waals surface area contributed by atoms with Crippen LogP contribution in [0.15, 0.2) is 0 Å². The average molecular weight is 121 g/mol. The normalized spacial score (nSPS) is 40.1. The molecular weight excluding hydrogens is 110 g/mol. The van der Waals surface area contributed by atoms with Crippen LogP contribution in [0.25, 0.3) is 0 Å². The Labute approximate surface area is 56.0 Å². The first kappa shape index (κ1) is 5.32. The SMILES string of the molecule is CN1C2C#CCC1CC2. The predicted octanol–water partition coefficient (Wildman–Crippen LogP) is 0.856. The molecule has 0 radical (unpaired) electrons. The molecule has 0 spiro atoms. The Morgan fingerprint density at radius 2 is 2.33 bits per heavy atom. The van der Waals surface area contributed by atoms with Crippen LogP contribution in [-0.2, 0) is 0 Å². The first-order chi connectivity index (χ1) is 4.38. The third-order valence-corrected chi connectivity index (χ3v) is 2.45. The van der Waals surface area contributed by atoms with Gasteiger partial charge in [-0.25, -0.2) is 0 Å². The molecule has 1 heteroatoms. The van der Waals surface area contributed by atoms with E-state index in [1.165, 1.54) is 12.8 Å². The summed E-state index contributed by atoms with van der Waals surface area (Å²) < 4.78 is 0. The van der Waals surface area contributed by atoms with E-state index in [0.717, 1.165) is 12.5 Å². The highest BCUT2D eigenvalue weighted by Crippen LogP contribution is 2.26. The van der Waals surface area contributed by atoms with E-state index in [0.29, 0.717) is 6.04 Å². The third-order valence-electron chi connectivity index (χ3n) is 2.45. The van der Waals surface area contributed by atoms with Crippen LogP contribution >= 0.6 is 0 Å². The lowest BCUT2D eigenvalue weighted by Gasteiger charge is -2.23. The van der Waals surface area contributed by atoms with Crippen molar-refractivity contribution in [1.29, 1.82) is 0 Å². The predicted molar refractivity (Wildman–Crippen MR) is 37.0 cm³/mol. The van der Waals surface area contributed by atoms with E-state index >= 15 is 0 Å². The second kappa shape index (κ2) is 1.75. The van der Waals surface area contributed by atoms with Crippen LogP contribution in [0.3, 0.4) is 0 Å². The summed E-state index contributed by atoms with van der Waals surface area (Å²) in [5, 5.41) is 0. The molecule has 0 aliphatic carbocycles. The Balaban J connectivity index is 2.26. The van der Waals surface area contributed by atoms with E-state index in [4.69, 9.17) is 0 Å². The lowest BCUT2D eigenvalue weighted by atomic mass is 10.2. The minimum Gasteiger partial charge on any atom is -0.289 e. The monoisotopic (exact) mass is 121 g/mol. The van der Waals surface area contributed by atoms with Crippen LogP contribution in [0.4, 0.5) is 0 Å². The highest BCUT2D eigenvalue weighted by Gasteiger charge is 2.30. The van der Waals surface area contributed by atoms with Gasteiger partial charge >= 0.3 is 0 Å². The van der Waals surface area contributed by atoms with Gasteiger partial charge in [-0.05, 0) is 19.9 Å². The van der Waals surface area contributed by atoms with Crippen molar-refractivity contribution in [3.8, 4) is 11.8 Å². The van der Waals surface area contributed by atoms with Gasteiger partial charge in [0.2, 0.25) is 0 Å². The van der Waals surface area contributed by atoms with Gasteiger partial charge in [-0.2, -0.15) is 0 Å². The summed E-state index contributed by atoms with van der Waals surface area (Å²) in [6, 6.07) is 1.39. The van der Waals surface area contributed by atoms with Crippen LogP contribution in [0.5, 0.6) is 0 Å². The summed E-state index contributed by atoms with van der Waals surface area (Å²) in [5.74, 6) is 6.42. The molecule has 2 unspecified atom stereocenters. The zero-order chi connectivity index (χ0) is 6.27. The van der Waals surface area contributed by atoms with Crippen molar-refractivity contribution in [2.75, 3.05) is 7.05 Å². The first-order valence-electron chi connectivity index (χ1n) is 3.58. The molecule has 2 bridgehead atoms. The fraction of sp³-hybridized carbons (Fsp3) is 0.750. The third kappa shape index (κ3) is 0.668. The standard InChI is InChI=1S/C8H11N/c1-9-7-3-2-4-8(9)6-5-7/h7-8H,3,5-6H2,1H3. The van der Waals surface area contributed by atoms with Crippen molar-refractivity contribution in [1.82, 2.24) is 4.90 Å². The van der Waals surface area contributed by atoms with Crippen LogP contribution < -0.4 is 0 Å². The van der Waals surface area contributed by atoms with Crippen molar-refractivity contribution in [2.24, 2.45) is 0 Å². The molecule has 2 rings (SSSR count). The van der Waals surface area contributed by atoms with Gasteiger partial charge in [0, 0.05) is 12.5 Å². The molecule has 0 aromatic rings. The number of hydrogen-bond acceptors (Lipinski definition) is 1. The maximum Gasteiger partial charge on any atom is 0.0715 e. The van der Waals surface area contributed by atoms with E-state index in [1.54, 1.807) is 0 Å². The smallest absolute Gasteiger partial charge is 0.0715 e. The molecule has 2 heterocycles. The number of fused-ring (bicyclic) bond motifs is 2. The van der Waals surface area contributed by atoms with Gasteiger partial charge in [-0.1, -0.05) is 11.8 Å². The second-order valence-electron chi connectivity index (χ2n) is 2.94. The average Bonchev–Trinajstić information content (AvgIpc) is 2.19. The highest BCUT2D eigenvalue weighted by molar-refractivity contribution is 5.17. The van der Waals surface area contributed by atoms with Gasteiger partial charge in [0.05, 0.1) is 6.04 Å². The number of nitrogens with zero attached hydrogens (tertiary/aromatic N) is 1. The second-order valence-corrected chi connectivity index (χ2v) is 2.94. The molecule has 0 amide bonds. The highest BCUT2D eigenvalue weighted by atomic mass is 15.2. The fourth-order valence-electron chi connectivity index (χ4n) is 1.73. The van der Waals surface area contributed by atoms with Crippen molar-refractivity contribution in [3.05, 3.63) is 0 Å². The molecule has 9 heavy (non-hydrogen) atoms. The van der Waals surface area contributed by atoms with Crippen molar-refractivity contribution < 1.29 is 0 Å². The van der Waals surface area contributed by atoms with Gasteiger partial charge in [0.15, 0.2) is 0 Å². The number of rotatable bonds is 0. The van der Waals surface area contributed by atoms with E-state index in [9.17, 15) is 0 Å². The zero-order valence-electron chi connectivity index (χ0n) is 5.72. The molecule has 1 fully saturated rings. The Hall–Kier alpha value is -0.480. The van der Waals surface area contributed by atoms with Crippen molar-refractivity contribution in [3.63, 3.8) is 0 Å². The topological polar surface area (TPSA) is 3.24 Å². The Bertz CT molecular complexity index is 175. The summed E-state index contributed by atoms with van der Waals surface area (Å²) in [7, 11) is 2.19. The largest absolute Gasteiger partial charge is 0.289 e. The number of hydrogen-bond donors (Lipinski definition) is 0. The molecule has 1 nitrogen and oxygen atoms in total. The van der Waals surface area contributed by atoms with E-state index in [1.807, 2.05) is 0 Å². The first-order valence-corrected chi connectivity index (χ1v) is 3.58. The maximum atomic E-state index is 3.24. The molecule has 1 saturated heterocycles.